The number of hydrogen-bond acceptors (Lipinski definition) is 2. The number of benzene rings is 2. The Hall–Kier alpha value is -1.99. The average Bonchev–Trinajstić information content (AvgIpc) is 3.36. The first-order valence-corrected chi connectivity index (χ1v) is 31.1. The average molecular weight is 1010 g/mol. The van der Waals surface area contributed by atoms with Gasteiger partial charge in [-0.1, -0.05) is 272 Å². The molecule has 3 heteroatoms. The third kappa shape index (κ3) is 36.9. The van der Waals surface area contributed by atoms with Gasteiger partial charge < -0.3 is 0 Å². The second-order valence-corrected chi connectivity index (χ2v) is 21.7. The fraction of sp³-hybridized carbons (Fsp3) is 0.761. The summed E-state index contributed by atoms with van der Waals surface area (Å²) in [6, 6.07) is 14.5. The summed E-state index contributed by atoms with van der Waals surface area (Å²) in [5.41, 5.74) is 10.3. The van der Waals surface area contributed by atoms with Crippen molar-refractivity contribution in [2.24, 2.45) is 9.98 Å². The van der Waals surface area contributed by atoms with E-state index in [0.29, 0.717) is 0 Å². The third-order valence-corrected chi connectivity index (χ3v) is 14.7. The molecule has 0 amide bonds. The maximum Gasteiger partial charge on any atom is 0.0848 e. The Morgan fingerprint density at radius 1 is 0.314 bits per heavy atom. The Bertz CT molecular complexity index is 1500. The molecule has 0 atom stereocenters. The van der Waals surface area contributed by atoms with Crippen molar-refractivity contribution in [2.45, 2.75) is 330 Å². The van der Waals surface area contributed by atoms with E-state index in [4.69, 9.17) is 9.98 Å². The molecular weight excluding hydrogens is 891 g/mol. The minimum atomic E-state index is 0. The maximum atomic E-state index is 5.62. The zero-order chi connectivity index (χ0) is 49.5. The summed E-state index contributed by atoms with van der Waals surface area (Å²) in [5.74, 6) is 0. The van der Waals surface area contributed by atoms with Gasteiger partial charge in [-0.2, -0.15) is 0 Å². The first kappa shape index (κ1) is 66.0. The molecule has 70 heavy (non-hydrogen) atoms. The molecule has 2 nitrogen and oxygen atoms in total. The predicted molar refractivity (Wildman–Crippen MR) is 314 cm³/mol. The van der Waals surface area contributed by atoms with Crippen molar-refractivity contribution in [1.29, 1.82) is 0 Å². The summed E-state index contributed by atoms with van der Waals surface area (Å²) in [6.07, 6.45) is 64.9. The molecule has 0 heterocycles. The van der Waals surface area contributed by atoms with Crippen LogP contribution in [-0.2, 0) is 42.2 Å². The topological polar surface area (TPSA) is 24.7 Å². The van der Waals surface area contributed by atoms with E-state index in [1.54, 1.807) is 0 Å². The van der Waals surface area contributed by atoms with Crippen LogP contribution in [0.5, 0.6) is 0 Å². The van der Waals surface area contributed by atoms with E-state index in [1.807, 2.05) is 0 Å². The molecule has 0 bridgehead atoms. The molecule has 0 aromatic heterocycles. The van der Waals surface area contributed by atoms with Gasteiger partial charge >= 0.3 is 0 Å². The summed E-state index contributed by atoms with van der Waals surface area (Å²) in [4.78, 5) is 11.2. The first-order valence-electron chi connectivity index (χ1n) is 31.1. The molecule has 0 unspecified atom stereocenters. The quantitative estimate of drug-likeness (QED) is 0.0359. The second kappa shape index (κ2) is 49.2. The van der Waals surface area contributed by atoms with E-state index >= 15 is 0 Å². The molecule has 0 fully saturated rings. The number of aliphatic imine (C=N–C) groups is 2. The number of hydrogen-bond donors (Lipinski definition) is 0. The van der Waals surface area contributed by atoms with Crippen LogP contribution in [0, 0.1) is 0 Å². The summed E-state index contributed by atoms with van der Waals surface area (Å²) < 4.78 is 0. The van der Waals surface area contributed by atoms with Crippen LogP contribution in [0.4, 0.5) is 11.4 Å². The van der Waals surface area contributed by atoms with Gasteiger partial charge in [0, 0.05) is 16.5 Å². The Morgan fingerprint density at radius 3 is 0.900 bits per heavy atom. The van der Waals surface area contributed by atoms with E-state index < -0.39 is 0 Å². The van der Waals surface area contributed by atoms with Gasteiger partial charge in [-0.25, -0.2) is 4.99 Å². The minimum absolute atomic E-state index is 0. The van der Waals surface area contributed by atoms with E-state index in [0.717, 1.165) is 55.6 Å². The van der Waals surface area contributed by atoms with Crippen LogP contribution in [0.25, 0.3) is 0 Å². The number of aryl methyl sites for hydroxylation is 4. The summed E-state index contributed by atoms with van der Waals surface area (Å²) >= 11 is 0. The largest absolute Gasteiger partial charge is 0.251 e. The van der Waals surface area contributed by atoms with Crippen LogP contribution in [0.3, 0.4) is 0 Å². The zero-order valence-corrected chi connectivity index (χ0v) is 48.6. The molecule has 2 rings (SSSR count). The predicted octanol–water partition coefficient (Wildman–Crippen LogP) is 23.4. The van der Waals surface area contributed by atoms with Crippen molar-refractivity contribution in [3.63, 3.8) is 0 Å². The fourth-order valence-corrected chi connectivity index (χ4v) is 10.1. The molecule has 0 radical (unpaired) electrons. The molecule has 0 saturated carbocycles. The summed E-state index contributed by atoms with van der Waals surface area (Å²) in [6.45, 7) is 13.9. The number of rotatable bonds is 49. The van der Waals surface area contributed by atoms with Gasteiger partial charge in [0.2, 0.25) is 0 Å². The zero-order valence-electron chi connectivity index (χ0n) is 47.6. The smallest absolute Gasteiger partial charge is 0.0848 e. The molecule has 0 aliphatic carbocycles. The molecule has 0 N–H and O–H groups in total. The SMILES string of the molecule is CCCCCCCCCCCCCCCCCCCCCCCCCCCC=CC(=Nc1cc(CCCC)cc(CCCC)c1)C(CCCCCCCC)=Nc1cc(CCCC)cc(CCCC)c1.[Ni]. The van der Waals surface area contributed by atoms with Crippen LogP contribution in [-0.4, -0.2) is 11.4 Å². The Morgan fingerprint density at radius 2 is 0.586 bits per heavy atom. The van der Waals surface area contributed by atoms with Gasteiger partial charge in [0.25, 0.3) is 0 Å². The van der Waals surface area contributed by atoms with Crippen molar-refractivity contribution in [2.75, 3.05) is 0 Å². The molecule has 2 aromatic carbocycles. The van der Waals surface area contributed by atoms with Crippen molar-refractivity contribution in [3.05, 3.63) is 70.8 Å². The minimum Gasteiger partial charge on any atom is -0.251 e. The van der Waals surface area contributed by atoms with Gasteiger partial charge in [-0.15, -0.1) is 0 Å². The maximum absolute atomic E-state index is 5.62. The molecule has 0 aliphatic heterocycles. The van der Waals surface area contributed by atoms with Gasteiger partial charge in [0.1, 0.15) is 0 Å². The molecule has 0 saturated heterocycles. The van der Waals surface area contributed by atoms with Gasteiger partial charge in [-0.05, 0) is 130 Å². The molecule has 404 valence electrons. The molecule has 0 spiro atoms. The molecule has 0 aliphatic rings. The van der Waals surface area contributed by atoms with Gasteiger partial charge in [-0.3, -0.25) is 4.99 Å². The van der Waals surface area contributed by atoms with E-state index in [1.165, 1.54) is 278 Å². The second-order valence-electron chi connectivity index (χ2n) is 21.7. The van der Waals surface area contributed by atoms with Crippen LogP contribution in [0.2, 0.25) is 0 Å². The number of nitrogens with zero attached hydrogens (tertiary/aromatic N) is 2. The van der Waals surface area contributed by atoms with Crippen molar-refractivity contribution in [1.82, 2.24) is 0 Å². The van der Waals surface area contributed by atoms with Crippen LogP contribution in [0.15, 0.2) is 58.5 Å². The van der Waals surface area contributed by atoms with E-state index in [-0.39, 0.29) is 16.5 Å². The van der Waals surface area contributed by atoms with Crippen LogP contribution in [0.1, 0.15) is 327 Å². The van der Waals surface area contributed by atoms with Crippen molar-refractivity contribution < 1.29 is 16.5 Å². The van der Waals surface area contributed by atoms with Crippen molar-refractivity contribution >= 4 is 22.8 Å². The normalized spacial score (nSPS) is 12.1. The van der Waals surface area contributed by atoms with Gasteiger partial charge in [0.15, 0.2) is 0 Å². The van der Waals surface area contributed by atoms with Gasteiger partial charge in [0.05, 0.1) is 22.8 Å². The fourth-order valence-electron chi connectivity index (χ4n) is 10.1. The number of allylic oxidation sites excluding steroid dienone is 2. The van der Waals surface area contributed by atoms with Crippen LogP contribution < -0.4 is 0 Å². The summed E-state index contributed by atoms with van der Waals surface area (Å²) in [5, 5.41) is 0. The number of unbranched alkanes of at least 4 members (excludes halogenated alkanes) is 34. The monoisotopic (exact) mass is 1010 g/mol. The van der Waals surface area contributed by atoms with E-state index in [9.17, 15) is 0 Å². The standard InChI is InChI=1S/C67H116N2.Ni/c1-7-13-19-21-23-24-25-26-27-28-29-30-31-32-33-34-35-36-37-38-39-40-41-42-43-45-47-53-67(69-65-58-62(50-17-11-5)55-63(59-65)51-18-12-6)66(52-46-44-22-20-14-8-2)68-64-56-60(48-15-9-3)54-61(57-64)49-16-10-4;/h47,53-59H,7-46,48-52H2,1-6H3;. The van der Waals surface area contributed by atoms with Crippen LogP contribution >= 0.6 is 0 Å². The Kier molecular flexibility index (Phi) is 46.4. The summed E-state index contributed by atoms with van der Waals surface area (Å²) in [7, 11) is 0. The van der Waals surface area contributed by atoms with E-state index in [2.05, 4.69) is 90.1 Å². The molecule has 2 aromatic rings. The first-order chi connectivity index (χ1) is 34.1. The Labute approximate surface area is 448 Å². The Balaban J connectivity index is 0.0000245. The third-order valence-electron chi connectivity index (χ3n) is 14.7. The molecular formula is C67H116N2Ni. The van der Waals surface area contributed by atoms with Crippen molar-refractivity contribution in [3.8, 4) is 0 Å².